The minimum Gasteiger partial charge on any atom is -0.494 e. The molecule has 0 bridgehead atoms. The van der Waals surface area contributed by atoms with Gasteiger partial charge in [0, 0.05) is 6.42 Å². The molecular formula is C14H21NO2. The summed E-state index contributed by atoms with van der Waals surface area (Å²) in [5.74, 6) is 0.735. The summed E-state index contributed by atoms with van der Waals surface area (Å²) >= 11 is 0. The zero-order valence-corrected chi connectivity index (χ0v) is 10.2. The molecule has 17 heavy (non-hydrogen) atoms. The van der Waals surface area contributed by atoms with Gasteiger partial charge in [-0.05, 0) is 25.0 Å². The molecule has 1 aromatic carbocycles. The third kappa shape index (κ3) is 7.39. The Kier molecular flexibility index (Phi) is 6.87. The second-order valence-electron chi connectivity index (χ2n) is 4.15. The Morgan fingerprint density at radius 1 is 1.00 bits per heavy atom. The maximum atomic E-state index is 10.5. The van der Waals surface area contributed by atoms with Gasteiger partial charge in [-0.2, -0.15) is 0 Å². The molecule has 0 aromatic heterocycles. The first-order chi connectivity index (χ1) is 8.29. The SMILES string of the molecule is NC(=O)CCCCCCCOc1ccccc1. The first kappa shape index (κ1) is 13.6. The Hall–Kier alpha value is -1.51. The van der Waals surface area contributed by atoms with E-state index in [0.29, 0.717) is 6.42 Å². The molecule has 0 saturated heterocycles. The van der Waals surface area contributed by atoms with Crippen molar-refractivity contribution in [1.82, 2.24) is 0 Å². The Labute approximate surface area is 103 Å². The van der Waals surface area contributed by atoms with Gasteiger partial charge in [0.2, 0.25) is 5.91 Å². The lowest BCUT2D eigenvalue weighted by atomic mass is 10.1. The Bertz CT molecular complexity index is 311. The highest BCUT2D eigenvalue weighted by Gasteiger charge is 1.95. The Morgan fingerprint density at radius 2 is 1.65 bits per heavy atom. The van der Waals surface area contributed by atoms with Gasteiger partial charge in [0.15, 0.2) is 0 Å². The van der Waals surface area contributed by atoms with E-state index in [4.69, 9.17) is 10.5 Å². The van der Waals surface area contributed by atoms with Gasteiger partial charge < -0.3 is 10.5 Å². The second-order valence-corrected chi connectivity index (χ2v) is 4.15. The molecule has 0 saturated carbocycles. The number of para-hydroxylation sites is 1. The highest BCUT2D eigenvalue weighted by molar-refractivity contribution is 5.73. The fraction of sp³-hybridized carbons (Fsp3) is 0.500. The lowest BCUT2D eigenvalue weighted by Gasteiger charge is -2.05. The molecule has 94 valence electrons. The maximum Gasteiger partial charge on any atom is 0.217 e. The van der Waals surface area contributed by atoms with Crippen molar-refractivity contribution in [3.05, 3.63) is 30.3 Å². The maximum absolute atomic E-state index is 10.5. The molecule has 2 N–H and O–H groups in total. The summed E-state index contributed by atoms with van der Waals surface area (Å²) in [5, 5.41) is 0. The molecule has 0 heterocycles. The number of benzene rings is 1. The van der Waals surface area contributed by atoms with Crippen LogP contribution in [0.4, 0.5) is 0 Å². The number of hydrogen-bond acceptors (Lipinski definition) is 2. The summed E-state index contributed by atoms with van der Waals surface area (Å²) in [6.45, 7) is 0.764. The predicted octanol–water partition coefficient (Wildman–Crippen LogP) is 2.89. The summed E-state index contributed by atoms with van der Waals surface area (Å²) in [6.07, 6.45) is 5.85. The van der Waals surface area contributed by atoms with Gasteiger partial charge in [0.05, 0.1) is 6.61 Å². The predicted molar refractivity (Wildman–Crippen MR) is 68.8 cm³/mol. The van der Waals surface area contributed by atoms with Crippen LogP contribution in [-0.4, -0.2) is 12.5 Å². The Morgan fingerprint density at radius 3 is 2.35 bits per heavy atom. The van der Waals surface area contributed by atoms with Crippen molar-refractivity contribution in [2.24, 2.45) is 5.73 Å². The largest absolute Gasteiger partial charge is 0.494 e. The van der Waals surface area contributed by atoms with Gasteiger partial charge in [-0.1, -0.05) is 37.5 Å². The number of unbranched alkanes of at least 4 members (excludes halogenated alkanes) is 4. The van der Waals surface area contributed by atoms with Crippen LogP contribution < -0.4 is 10.5 Å². The van der Waals surface area contributed by atoms with Gasteiger partial charge in [0.1, 0.15) is 5.75 Å². The number of rotatable bonds is 9. The van der Waals surface area contributed by atoms with Crippen LogP contribution in [0.1, 0.15) is 38.5 Å². The Balaban J connectivity index is 1.90. The third-order valence-electron chi connectivity index (χ3n) is 2.58. The van der Waals surface area contributed by atoms with E-state index in [-0.39, 0.29) is 5.91 Å². The van der Waals surface area contributed by atoms with Crippen LogP contribution in [0.5, 0.6) is 5.75 Å². The first-order valence-electron chi connectivity index (χ1n) is 6.25. The normalized spacial score (nSPS) is 10.1. The molecule has 0 aliphatic carbocycles. The number of ether oxygens (including phenoxy) is 1. The molecule has 0 radical (unpaired) electrons. The average Bonchev–Trinajstić information content (AvgIpc) is 2.33. The molecule has 0 spiro atoms. The number of carbonyl (C=O) groups excluding carboxylic acids is 1. The third-order valence-corrected chi connectivity index (χ3v) is 2.58. The van der Waals surface area contributed by atoms with Crippen molar-refractivity contribution >= 4 is 5.91 Å². The van der Waals surface area contributed by atoms with Crippen molar-refractivity contribution in [1.29, 1.82) is 0 Å². The van der Waals surface area contributed by atoms with E-state index in [1.165, 1.54) is 0 Å². The van der Waals surface area contributed by atoms with E-state index in [1.54, 1.807) is 0 Å². The van der Waals surface area contributed by atoms with E-state index in [9.17, 15) is 4.79 Å². The number of nitrogens with two attached hydrogens (primary N) is 1. The molecule has 3 nitrogen and oxygen atoms in total. The van der Waals surface area contributed by atoms with E-state index in [0.717, 1.165) is 44.5 Å². The summed E-state index contributed by atoms with van der Waals surface area (Å²) in [5.41, 5.74) is 5.06. The van der Waals surface area contributed by atoms with Crippen molar-refractivity contribution in [2.45, 2.75) is 38.5 Å². The number of hydrogen-bond donors (Lipinski definition) is 1. The number of carbonyl (C=O) groups is 1. The number of amides is 1. The van der Waals surface area contributed by atoms with E-state index >= 15 is 0 Å². The summed E-state index contributed by atoms with van der Waals surface area (Å²) in [6, 6.07) is 9.85. The molecule has 1 rings (SSSR count). The van der Waals surface area contributed by atoms with Crippen molar-refractivity contribution in [3.63, 3.8) is 0 Å². The average molecular weight is 235 g/mol. The highest BCUT2D eigenvalue weighted by Crippen LogP contribution is 2.10. The van der Waals surface area contributed by atoms with E-state index < -0.39 is 0 Å². The summed E-state index contributed by atoms with van der Waals surface area (Å²) in [4.78, 5) is 10.5. The standard InChI is InChI=1S/C14H21NO2/c15-14(16)11-7-2-1-3-8-12-17-13-9-5-4-6-10-13/h4-6,9-10H,1-3,7-8,11-12H2,(H2,15,16). The van der Waals surface area contributed by atoms with Crippen LogP contribution in [0.3, 0.4) is 0 Å². The van der Waals surface area contributed by atoms with Crippen LogP contribution in [0.2, 0.25) is 0 Å². The molecular weight excluding hydrogens is 214 g/mol. The van der Waals surface area contributed by atoms with Gasteiger partial charge in [0.25, 0.3) is 0 Å². The fourth-order valence-electron chi connectivity index (χ4n) is 1.64. The topological polar surface area (TPSA) is 52.3 Å². The van der Waals surface area contributed by atoms with Crippen LogP contribution in [0, 0.1) is 0 Å². The fourth-order valence-corrected chi connectivity index (χ4v) is 1.64. The minimum atomic E-state index is -0.197. The summed E-state index contributed by atoms with van der Waals surface area (Å²) < 4.78 is 5.58. The zero-order chi connectivity index (χ0) is 12.3. The van der Waals surface area contributed by atoms with Crippen molar-refractivity contribution < 1.29 is 9.53 Å². The molecule has 3 heteroatoms. The van der Waals surface area contributed by atoms with E-state index in [1.807, 2.05) is 30.3 Å². The molecule has 1 aromatic rings. The van der Waals surface area contributed by atoms with E-state index in [2.05, 4.69) is 0 Å². The lowest BCUT2D eigenvalue weighted by molar-refractivity contribution is -0.118. The minimum absolute atomic E-state index is 0.197. The molecule has 0 fully saturated rings. The second kappa shape index (κ2) is 8.62. The number of primary amides is 1. The van der Waals surface area contributed by atoms with Crippen LogP contribution in [0.25, 0.3) is 0 Å². The van der Waals surface area contributed by atoms with Crippen molar-refractivity contribution in [3.8, 4) is 5.75 Å². The molecule has 0 unspecified atom stereocenters. The molecule has 1 amide bonds. The molecule has 0 aliphatic heterocycles. The first-order valence-corrected chi connectivity index (χ1v) is 6.25. The van der Waals surface area contributed by atoms with Crippen molar-refractivity contribution in [2.75, 3.05) is 6.61 Å². The van der Waals surface area contributed by atoms with Gasteiger partial charge in [-0.3, -0.25) is 4.79 Å². The monoisotopic (exact) mass is 235 g/mol. The summed E-state index contributed by atoms with van der Waals surface area (Å²) in [7, 11) is 0. The van der Waals surface area contributed by atoms with Crippen LogP contribution >= 0.6 is 0 Å². The van der Waals surface area contributed by atoms with Gasteiger partial charge >= 0.3 is 0 Å². The van der Waals surface area contributed by atoms with Crippen LogP contribution in [0.15, 0.2) is 30.3 Å². The van der Waals surface area contributed by atoms with Gasteiger partial charge in [-0.15, -0.1) is 0 Å². The van der Waals surface area contributed by atoms with Gasteiger partial charge in [-0.25, -0.2) is 0 Å². The smallest absolute Gasteiger partial charge is 0.217 e. The van der Waals surface area contributed by atoms with Crippen LogP contribution in [-0.2, 0) is 4.79 Å². The molecule has 0 aliphatic rings. The zero-order valence-electron chi connectivity index (χ0n) is 10.2. The lowest BCUT2D eigenvalue weighted by Crippen LogP contribution is -2.09. The molecule has 0 atom stereocenters. The quantitative estimate of drug-likeness (QED) is 0.669. The highest BCUT2D eigenvalue weighted by atomic mass is 16.5.